The molecule has 0 aromatic heterocycles. The van der Waals surface area contributed by atoms with Crippen LogP contribution in [0.1, 0.15) is 52.9 Å². The van der Waals surface area contributed by atoms with Crippen LogP contribution in [0.15, 0.2) is 0 Å². The fourth-order valence-corrected chi connectivity index (χ4v) is 2.25. The maximum Gasteiger partial charge on any atom is 0.223 e. The normalized spacial score (nSPS) is 17.5. The smallest absolute Gasteiger partial charge is 0.223 e. The maximum absolute atomic E-state index is 11.9. The summed E-state index contributed by atoms with van der Waals surface area (Å²) in [5, 5.41) is 0. The molecule has 14 heavy (non-hydrogen) atoms. The van der Waals surface area contributed by atoms with Crippen LogP contribution in [0.3, 0.4) is 0 Å². The summed E-state index contributed by atoms with van der Waals surface area (Å²) in [5.41, 5.74) is 0.189. The highest BCUT2D eigenvalue weighted by molar-refractivity contribution is 5.77. The van der Waals surface area contributed by atoms with Crippen LogP contribution in [0, 0.1) is 5.41 Å². The Labute approximate surface area is 87.7 Å². The van der Waals surface area contributed by atoms with E-state index >= 15 is 0 Å². The van der Waals surface area contributed by atoms with E-state index in [4.69, 9.17) is 0 Å². The van der Waals surface area contributed by atoms with E-state index in [9.17, 15) is 4.79 Å². The number of hydrogen-bond donors (Lipinski definition) is 0. The zero-order valence-corrected chi connectivity index (χ0v) is 9.81. The largest absolute Gasteiger partial charge is 0.343 e. The third-order valence-corrected chi connectivity index (χ3v) is 3.02. The summed E-state index contributed by atoms with van der Waals surface area (Å²) in [6.07, 6.45) is 5.42. The monoisotopic (exact) mass is 197 g/mol. The highest BCUT2D eigenvalue weighted by Gasteiger charge is 2.25. The molecule has 2 heteroatoms. The van der Waals surface area contributed by atoms with E-state index in [-0.39, 0.29) is 5.41 Å². The first kappa shape index (κ1) is 11.5. The molecule has 0 aromatic rings. The summed E-state index contributed by atoms with van der Waals surface area (Å²) in [6, 6.07) is 0. The quantitative estimate of drug-likeness (QED) is 0.678. The summed E-state index contributed by atoms with van der Waals surface area (Å²) >= 11 is 0. The van der Waals surface area contributed by atoms with E-state index in [1.54, 1.807) is 0 Å². The molecule has 2 nitrogen and oxygen atoms in total. The number of hydrogen-bond acceptors (Lipinski definition) is 1. The summed E-state index contributed by atoms with van der Waals surface area (Å²) in [4.78, 5) is 13.9. The van der Waals surface area contributed by atoms with E-state index < -0.39 is 0 Å². The Hall–Kier alpha value is -0.530. The summed E-state index contributed by atoms with van der Waals surface area (Å²) in [5.74, 6) is 0.362. The van der Waals surface area contributed by atoms with Gasteiger partial charge >= 0.3 is 0 Å². The van der Waals surface area contributed by atoms with Gasteiger partial charge in [0.25, 0.3) is 0 Å². The van der Waals surface area contributed by atoms with E-state index in [1.807, 2.05) is 4.90 Å². The van der Waals surface area contributed by atoms with Crippen LogP contribution in [-0.4, -0.2) is 23.9 Å². The van der Waals surface area contributed by atoms with Gasteiger partial charge in [-0.15, -0.1) is 0 Å². The van der Waals surface area contributed by atoms with Gasteiger partial charge in [-0.3, -0.25) is 4.79 Å². The molecule has 1 fully saturated rings. The minimum atomic E-state index is 0.189. The molecule has 0 aliphatic carbocycles. The van der Waals surface area contributed by atoms with Crippen LogP contribution in [0.2, 0.25) is 0 Å². The average Bonchev–Trinajstić information content (AvgIpc) is 2.53. The topological polar surface area (TPSA) is 20.3 Å². The molecule has 0 unspecified atom stereocenters. The molecule has 1 aliphatic rings. The highest BCUT2D eigenvalue weighted by Crippen LogP contribution is 2.28. The van der Waals surface area contributed by atoms with Gasteiger partial charge in [-0.1, -0.05) is 27.2 Å². The van der Waals surface area contributed by atoms with Crippen molar-refractivity contribution >= 4 is 5.91 Å². The van der Waals surface area contributed by atoms with Crippen LogP contribution >= 0.6 is 0 Å². The molecule has 1 saturated heterocycles. The van der Waals surface area contributed by atoms with Gasteiger partial charge in [0.05, 0.1) is 0 Å². The van der Waals surface area contributed by atoms with Gasteiger partial charge in [0.2, 0.25) is 5.91 Å². The van der Waals surface area contributed by atoms with Gasteiger partial charge in [-0.25, -0.2) is 0 Å². The minimum absolute atomic E-state index is 0.189. The van der Waals surface area contributed by atoms with Gasteiger partial charge in [0.1, 0.15) is 0 Å². The third kappa shape index (κ3) is 3.32. The molecule has 82 valence electrons. The first-order chi connectivity index (χ1) is 6.55. The third-order valence-electron chi connectivity index (χ3n) is 3.02. The zero-order chi connectivity index (χ0) is 10.6. The van der Waals surface area contributed by atoms with Gasteiger partial charge in [-0.2, -0.15) is 0 Å². The Balaban J connectivity index is 2.38. The molecule has 0 saturated carbocycles. The van der Waals surface area contributed by atoms with Crippen molar-refractivity contribution in [1.82, 2.24) is 4.90 Å². The maximum atomic E-state index is 11.9. The highest BCUT2D eigenvalue weighted by atomic mass is 16.2. The zero-order valence-electron chi connectivity index (χ0n) is 9.81. The number of likely N-dealkylation sites (tertiary alicyclic amines) is 1. The van der Waals surface area contributed by atoms with Crippen molar-refractivity contribution in [2.75, 3.05) is 13.1 Å². The molecule has 1 heterocycles. The Morgan fingerprint density at radius 3 is 2.36 bits per heavy atom. The lowest BCUT2D eigenvalue weighted by atomic mass is 9.84. The molecular weight excluding hydrogens is 174 g/mol. The van der Waals surface area contributed by atoms with Crippen molar-refractivity contribution in [3.8, 4) is 0 Å². The Bertz CT molecular complexity index is 192. The molecule has 0 spiro atoms. The first-order valence-corrected chi connectivity index (χ1v) is 5.83. The van der Waals surface area contributed by atoms with Crippen molar-refractivity contribution < 1.29 is 4.79 Å². The summed E-state index contributed by atoms with van der Waals surface area (Å²) in [6.45, 7) is 8.55. The van der Waals surface area contributed by atoms with Crippen molar-refractivity contribution in [3.63, 3.8) is 0 Å². The Morgan fingerprint density at radius 1 is 1.29 bits per heavy atom. The molecule has 0 N–H and O–H groups in total. The molecule has 0 atom stereocenters. The lowest BCUT2D eigenvalue weighted by molar-refractivity contribution is -0.132. The minimum Gasteiger partial charge on any atom is -0.343 e. The van der Waals surface area contributed by atoms with E-state index in [1.165, 1.54) is 19.3 Å². The van der Waals surface area contributed by atoms with E-state index in [2.05, 4.69) is 20.8 Å². The van der Waals surface area contributed by atoms with Crippen LogP contribution in [0.5, 0.6) is 0 Å². The molecule has 0 bridgehead atoms. The lowest BCUT2D eigenvalue weighted by Gasteiger charge is -2.26. The molecule has 1 aliphatic heterocycles. The van der Waals surface area contributed by atoms with Crippen LogP contribution in [0.4, 0.5) is 0 Å². The van der Waals surface area contributed by atoms with Crippen LogP contribution in [0.25, 0.3) is 0 Å². The standard InChI is InChI=1S/C12H23NO/c1-4-7-12(2,3)10-11(14)13-8-5-6-9-13/h4-10H2,1-3H3. The second-order valence-electron chi connectivity index (χ2n) is 5.18. The molecule has 0 radical (unpaired) electrons. The van der Waals surface area contributed by atoms with Crippen molar-refractivity contribution in [3.05, 3.63) is 0 Å². The Kier molecular flexibility index (Phi) is 3.97. The van der Waals surface area contributed by atoms with Crippen molar-refractivity contribution in [1.29, 1.82) is 0 Å². The predicted octanol–water partition coefficient (Wildman–Crippen LogP) is 2.83. The number of carbonyl (C=O) groups is 1. The number of carbonyl (C=O) groups excluding carboxylic acids is 1. The fourth-order valence-electron chi connectivity index (χ4n) is 2.25. The SMILES string of the molecule is CCCC(C)(C)CC(=O)N1CCCC1. The van der Waals surface area contributed by atoms with Gasteiger partial charge in [-0.05, 0) is 24.7 Å². The van der Waals surface area contributed by atoms with Crippen molar-refractivity contribution in [2.45, 2.75) is 52.9 Å². The number of amides is 1. The average molecular weight is 197 g/mol. The lowest BCUT2D eigenvalue weighted by Crippen LogP contribution is -2.31. The summed E-state index contributed by atoms with van der Waals surface area (Å²) in [7, 11) is 0. The second kappa shape index (κ2) is 4.81. The van der Waals surface area contributed by atoms with E-state index in [0.717, 1.165) is 25.9 Å². The second-order valence-corrected chi connectivity index (χ2v) is 5.18. The van der Waals surface area contributed by atoms with Gasteiger partial charge < -0.3 is 4.90 Å². The van der Waals surface area contributed by atoms with E-state index in [0.29, 0.717) is 5.91 Å². The Morgan fingerprint density at radius 2 is 1.86 bits per heavy atom. The van der Waals surface area contributed by atoms with Crippen molar-refractivity contribution in [2.24, 2.45) is 5.41 Å². The molecule has 1 amide bonds. The van der Waals surface area contributed by atoms with Crippen LogP contribution in [-0.2, 0) is 4.79 Å². The molecule has 1 rings (SSSR count). The molecular formula is C12H23NO. The summed E-state index contributed by atoms with van der Waals surface area (Å²) < 4.78 is 0. The van der Waals surface area contributed by atoms with Gasteiger partial charge in [0.15, 0.2) is 0 Å². The number of rotatable bonds is 4. The first-order valence-electron chi connectivity index (χ1n) is 5.83. The van der Waals surface area contributed by atoms with Gasteiger partial charge in [0, 0.05) is 19.5 Å². The number of nitrogens with zero attached hydrogens (tertiary/aromatic N) is 1. The molecule has 0 aromatic carbocycles. The predicted molar refractivity (Wildman–Crippen MR) is 59.1 cm³/mol. The van der Waals surface area contributed by atoms with Crippen LogP contribution < -0.4 is 0 Å². The fraction of sp³-hybridized carbons (Fsp3) is 0.917.